The number of carboxylic acids is 1. The summed E-state index contributed by atoms with van der Waals surface area (Å²) in [5, 5.41) is 18.3. The van der Waals surface area contributed by atoms with Crippen LogP contribution in [0, 0.1) is 17.1 Å². The van der Waals surface area contributed by atoms with Crippen molar-refractivity contribution < 1.29 is 23.8 Å². The fourth-order valence-electron chi connectivity index (χ4n) is 5.71. The molecular weight excluding hydrogens is 589 g/mol. The standard InChI is InChI=1S/C34H34FN7O4/c1-2-41-22-37-18-26(41)19-42-30-15-23(16-34(43)44)7-9-29(30)38-31(42)20-40-12-10-27(11-13-40)46-33-5-3-4-32(39-33)45-21-25-8-6-24(17-36)14-28(25)35/h3-9,14-15,18,22,27H,2,10-13,16,19-21H2,1H3,(H,43,44). The lowest BCUT2D eigenvalue weighted by Crippen LogP contribution is -2.38. The molecule has 46 heavy (non-hydrogen) atoms. The number of halogens is 1. The molecule has 2 aromatic carbocycles. The first-order valence-electron chi connectivity index (χ1n) is 15.2. The summed E-state index contributed by atoms with van der Waals surface area (Å²) in [5.41, 5.74) is 4.13. The van der Waals surface area contributed by atoms with E-state index in [1.54, 1.807) is 24.3 Å². The zero-order chi connectivity index (χ0) is 32.0. The summed E-state index contributed by atoms with van der Waals surface area (Å²) in [7, 11) is 0. The highest BCUT2D eigenvalue weighted by atomic mass is 19.1. The van der Waals surface area contributed by atoms with Gasteiger partial charge in [-0.05, 0) is 49.6 Å². The van der Waals surface area contributed by atoms with Gasteiger partial charge in [0.2, 0.25) is 11.8 Å². The third-order valence-electron chi connectivity index (χ3n) is 8.15. The molecule has 0 unspecified atom stereocenters. The molecule has 236 valence electrons. The van der Waals surface area contributed by atoms with Crippen molar-refractivity contribution in [1.29, 1.82) is 5.26 Å². The molecule has 3 aromatic heterocycles. The van der Waals surface area contributed by atoms with Crippen molar-refractivity contribution >= 4 is 17.0 Å². The molecule has 0 radical (unpaired) electrons. The van der Waals surface area contributed by atoms with Gasteiger partial charge in [0, 0.05) is 43.5 Å². The number of pyridine rings is 1. The lowest BCUT2D eigenvalue weighted by molar-refractivity contribution is -0.136. The Balaban J connectivity index is 1.10. The monoisotopic (exact) mass is 623 g/mol. The molecule has 5 aromatic rings. The molecular formula is C34H34FN7O4. The number of aliphatic carboxylic acids is 1. The van der Waals surface area contributed by atoms with E-state index in [1.165, 1.54) is 12.1 Å². The SMILES string of the molecule is CCn1cncc1Cn1c(CN2CCC(Oc3cccc(OCc4ccc(C#N)cc4F)n3)CC2)nc2ccc(CC(=O)O)cc21. The van der Waals surface area contributed by atoms with E-state index in [2.05, 4.69) is 30.9 Å². The van der Waals surface area contributed by atoms with E-state index >= 15 is 0 Å². The first kappa shape index (κ1) is 30.7. The molecule has 1 aliphatic rings. The first-order valence-corrected chi connectivity index (χ1v) is 15.2. The van der Waals surface area contributed by atoms with Gasteiger partial charge in [-0.2, -0.15) is 10.2 Å². The molecule has 11 nitrogen and oxygen atoms in total. The minimum absolute atomic E-state index is 0.0151. The van der Waals surface area contributed by atoms with Crippen molar-refractivity contribution in [3.8, 4) is 17.8 Å². The quantitative estimate of drug-likeness (QED) is 0.205. The Kier molecular flexibility index (Phi) is 9.21. The molecule has 1 aliphatic heterocycles. The van der Waals surface area contributed by atoms with Crippen molar-refractivity contribution in [2.75, 3.05) is 13.1 Å². The van der Waals surface area contributed by atoms with Crippen molar-refractivity contribution in [1.82, 2.24) is 29.0 Å². The molecule has 0 spiro atoms. The van der Waals surface area contributed by atoms with Gasteiger partial charge < -0.3 is 23.7 Å². The zero-order valence-corrected chi connectivity index (χ0v) is 25.5. The van der Waals surface area contributed by atoms with Gasteiger partial charge in [-0.1, -0.05) is 18.2 Å². The van der Waals surface area contributed by atoms with E-state index in [4.69, 9.17) is 19.7 Å². The number of aryl methyl sites for hydroxylation is 1. The lowest BCUT2D eigenvalue weighted by Gasteiger charge is -2.31. The van der Waals surface area contributed by atoms with E-state index in [9.17, 15) is 14.3 Å². The average Bonchev–Trinajstić information content (AvgIpc) is 3.65. The van der Waals surface area contributed by atoms with Gasteiger partial charge >= 0.3 is 5.97 Å². The van der Waals surface area contributed by atoms with Crippen LogP contribution in [-0.4, -0.2) is 59.3 Å². The second kappa shape index (κ2) is 13.8. The highest BCUT2D eigenvalue weighted by Gasteiger charge is 2.24. The summed E-state index contributed by atoms with van der Waals surface area (Å²) in [6.07, 6.45) is 5.22. The molecule has 1 saturated heterocycles. The Hall–Kier alpha value is -5.28. The number of hydrogen-bond donors (Lipinski definition) is 1. The third kappa shape index (κ3) is 7.16. The number of aromatic nitrogens is 5. The second-order valence-corrected chi connectivity index (χ2v) is 11.3. The molecule has 0 amide bonds. The first-order chi connectivity index (χ1) is 22.4. The second-order valence-electron chi connectivity index (χ2n) is 11.3. The van der Waals surface area contributed by atoms with E-state index in [1.807, 2.05) is 36.8 Å². The molecule has 6 rings (SSSR count). The van der Waals surface area contributed by atoms with E-state index in [-0.39, 0.29) is 24.7 Å². The van der Waals surface area contributed by atoms with Gasteiger partial charge in [0.1, 0.15) is 24.4 Å². The van der Waals surface area contributed by atoms with Gasteiger partial charge in [-0.15, -0.1) is 0 Å². The maximum absolute atomic E-state index is 14.2. The topological polar surface area (TPSA) is 131 Å². The number of nitrogens with zero attached hydrogens (tertiary/aromatic N) is 7. The number of nitriles is 1. The Morgan fingerprint density at radius 3 is 2.67 bits per heavy atom. The summed E-state index contributed by atoms with van der Waals surface area (Å²) >= 11 is 0. The van der Waals surface area contributed by atoms with Crippen LogP contribution in [0.3, 0.4) is 0 Å². The number of likely N-dealkylation sites (tertiary alicyclic amines) is 1. The van der Waals surface area contributed by atoms with E-state index < -0.39 is 11.8 Å². The molecule has 1 N–H and O–H groups in total. The fourth-order valence-corrected chi connectivity index (χ4v) is 5.71. The summed E-state index contributed by atoms with van der Waals surface area (Å²) in [5.74, 6) is 0.323. The summed E-state index contributed by atoms with van der Waals surface area (Å²) in [6, 6.07) is 17.1. The fraction of sp³-hybridized carbons (Fsp3) is 0.324. The number of carboxylic acid groups (broad SMARTS) is 1. The van der Waals surface area contributed by atoms with Crippen molar-refractivity contribution in [3.63, 3.8) is 0 Å². The van der Waals surface area contributed by atoms with Crippen LogP contribution >= 0.6 is 0 Å². The molecule has 12 heteroatoms. The molecule has 4 heterocycles. The van der Waals surface area contributed by atoms with Gasteiger partial charge in [0.15, 0.2) is 0 Å². The van der Waals surface area contributed by atoms with Crippen LogP contribution in [0.15, 0.2) is 67.1 Å². The Bertz CT molecular complexity index is 1890. The number of fused-ring (bicyclic) bond motifs is 1. The van der Waals surface area contributed by atoms with Gasteiger partial charge in [0.05, 0.1) is 54.2 Å². The molecule has 0 aliphatic carbocycles. The molecule has 1 fully saturated rings. The van der Waals surface area contributed by atoms with Crippen LogP contribution in [0.1, 0.15) is 48.0 Å². The van der Waals surface area contributed by atoms with E-state index in [0.29, 0.717) is 30.4 Å². The van der Waals surface area contributed by atoms with Gasteiger partial charge in [0.25, 0.3) is 0 Å². The Morgan fingerprint density at radius 1 is 1.09 bits per heavy atom. The highest BCUT2D eigenvalue weighted by molar-refractivity contribution is 5.79. The number of hydrogen-bond acceptors (Lipinski definition) is 8. The van der Waals surface area contributed by atoms with Crippen molar-refractivity contribution in [2.24, 2.45) is 0 Å². The molecule has 0 bridgehead atoms. The normalized spacial score (nSPS) is 13.9. The van der Waals surface area contributed by atoms with Gasteiger partial charge in [-0.3, -0.25) is 9.69 Å². The number of carbonyl (C=O) groups is 1. The largest absolute Gasteiger partial charge is 0.481 e. The number of piperidine rings is 1. The predicted molar refractivity (Wildman–Crippen MR) is 167 cm³/mol. The highest BCUT2D eigenvalue weighted by Crippen LogP contribution is 2.25. The lowest BCUT2D eigenvalue weighted by atomic mass is 10.1. The van der Waals surface area contributed by atoms with Crippen molar-refractivity contribution in [3.05, 3.63) is 101 Å². The number of benzene rings is 2. The Morgan fingerprint density at radius 2 is 1.91 bits per heavy atom. The third-order valence-corrected chi connectivity index (χ3v) is 8.15. The van der Waals surface area contributed by atoms with Crippen LogP contribution in [0.25, 0.3) is 11.0 Å². The van der Waals surface area contributed by atoms with Crippen LogP contribution in [0.4, 0.5) is 4.39 Å². The van der Waals surface area contributed by atoms with E-state index in [0.717, 1.165) is 60.6 Å². The molecule has 0 saturated carbocycles. The smallest absolute Gasteiger partial charge is 0.307 e. The summed E-state index contributed by atoms with van der Waals surface area (Å²) in [6.45, 7) is 5.69. The van der Waals surface area contributed by atoms with Gasteiger partial charge in [-0.25, -0.2) is 14.4 Å². The van der Waals surface area contributed by atoms with Crippen LogP contribution in [0.5, 0.6) is 11.8 Å². The van der Waals surface area contributed by atoms with Crippen LogP contribution < -0.4 is 9.47 Å². The van der Waals surface area contributed by atoms with Crippen LogP contribution in [0.2, 0.25) is 0 Å². The number of ether oxygens (including phenoxy) is 2. The minimum atomic E-state index is -0.868. The predicted octanol–water partition coefficient (Wildman–Crippen LogP) is 4.96. The summed E-state index contributed by atoms with van der Waals surface area (Å²) < 4.78 is 30.4. The average molecular weight is 624 g/mol. The maximum Gasteiger partial charge on any atom is 0.307 e. The number of rotatable bonds is 12. The summed E-state index contributed by atoms with van der Waals surface area (Å²) in [4.78, 5) is 27.5. The molecule has 0 atom stereocenters. The minimum Gasteiger partial charge on any atom is -0.481 e. The van der Waals surface area contributed by atoms with Crippen molar-refractivity contribution in [2.45, 2.75) is 58.5 Å². The Labute approximate surface area is 265 Å². The zero-order valence-electron chi connectivity index (χ0n) is 25.5. The maximum atomic E-state index is 14.2. The number of imidazole rings is 2. The van der Waals surface area contributed by atoms with Crippen LogP contribution in [-0.2, 0) is 37.5 Å².